The van der Waals surface area contributed by atoms with Crippen molar-refractivity contribution < 1.29 is 0 Å². The third kappa shape index (κ3) is 3.77. The van der Waals surface area contributed by atoms with Gasteiger partial charge in [0.1, 0.15) is 0 Å². The lowest BCUT2D eigenvalue weighted by Crippen LogP contribution is -2.28. The van der Waals surface area contributed by atoms with Gasteiger partial charge < -0.3 is 9.47 Å². The fourth-order valence-corrected chi connectivity index (χ4v) is 4.18. The van der Waals surface area contributed by atoms with Crippen molar-refractivity contribution in [2.45, 2.75) is 26.4 Å². The van der Waals surface area contributed by atoms with E-state index in [1.54, 1.807) is 11.3 Å². The van der Waals surface area contributed by atoms with Crippen LogP contribution < -0.4 is 0 Å². The molecule has 0 radical (unpaired) electrons. The predicted octanol–water partition coefficient (Wildman–Crippen LogP) is 2.74. The van der Waals surface area contributed by atoms with Crippen molar-refractivity contribution in [3.63, 3.8) is 0 Å². The van der Waals surface area contributed by atoms with Crippen molar-refractivity contribution in [2.24, 2.45) is 13.0 Å². The number of aromatic nitrogens is 2. The molecule has 2 aromatic heterocycles. The largest absolute Gasteiger partial charge is 0.353 e. The first-order chi connectivity index (χ1) is 10.6. The summed E-state index contributed by atoms with van der Waals surface area (Å²) in [6.07, 6.45) is 3.45. The first-order valence-electron chi connectivity index (χ1n) is 8.02. The van der Waals surface area contributed by atoms with E-state index in [0.29, 0.717) is 0 Å². The van der Waals surface area contributed by atoms with E-state index >= 15 is 0 Å². The summed E-state index contributed by atoms with van der Waals surface area (Å²) >= 11 is 1.77. The fraction of sp³-hybridized carbons (Fsp3) is 0.588. The molecule has 0 aromatic carbocycles. The normalized spacial score (nSPS) is 19.4. The van der Waals surface area contributed by atoms with Crippen molar-refractivity contribution in [2.75, 3.05) is 26.7 Å². The van der Waals surface area contributed by atoms with E-state index in [9.17, 15) is 0 Å². The van der Waals surface area contributed by atoms with E-state index in [1.807, 2.05) is 5.51 Å². The van der Waals surface area contributed by atoms with Gasteiger partial charge in [0, 0.05) is 50.0 Å². The second kappa shape index (κ2) is 6.94. The Kier molecular flexibility index (Phi) is 4.96. The summed E-state index contributed by atoms with van der Waals surface area (Å²) in [4.78, 5) is 10.8. The summed E-state index contributed by atoms with van der Waals surface area (Å²) in [6.45, 7) is 7.85. The minimum Gasteiger partial charge on any atom is -0.353 e. The van der Waals surface area contributed by atoms with Gasteiger partial charge >= 0.3 is 0 Å². The van der Waals surface area contributed by atoms with Crippen LogP contribution in [0.1, 0.15) is 22.7 Å². The molecule has 22 heavy (non-hydrogen) atoms. The van der Waals surface area contributed by atoms with Crippen LogP contribution in [0.3, 0.4) is 0 Å². The summed E-state index contributed by atoms with van der Waals surface area (Å²) in [5.41, 5.74) is 4.55. The third-order valence-electron chi connectivity index (χ3n) is 4.64. The van der Waals surface area contributed by atoms with Crippen LogP contribution in [0.25, 0.3) is 0 Å². The smallest absolute Gasteiger partial charge is 0.0798 e. The Morgan fingerprint density at radius 1 is 1.45 bits per heavy atom. The summed E-state index contributed by atoms with van der Waals surface area (Å²) in [5.74, 6) is 0.790. The number of hydrogen-bond donors (Lipinski definition) is 0. The molecule has 1 aliphatic heterocycles. The van der Waals surface area contributed by atoms with Gasteiger partial charge in [-0.15, -0.1) is 11.3 Å². The topological polar surface area (TPSA) is 24.3 Å². The number of thiazole rings is 1. The summed E-state index contributed by atoms with van der Waals surface area (Å²) in [7, 11) is 4.37. The SMILES string of the molecule is Cc1ncsc1CN(C)C[C@@H]1CCN(Cc2cccn2C)C1. The molecule has 3 heterocycles. The van der Waals surface area contributed by atoms with Crippen LogP contribution in [0.2, 0.25) is 0 Å². The zero-order chi connectivity index (χ0) is 15.5. The van der Waals surface area contributed by atoms with E-state index in [-0.39, 0.29) is 0 Å². The zero-order valence-corrected chi connectivity index (χ0v) is 14.6. The number of aryl methyl sites for hydroxylation is 2. The molecule has 2 aromatic rings. The molecular weight excluding hydrogens is 292 g/mol. The van der Waals surface area contributed by atoms with E-state index in [1.165, 1.54) is 42.3 Å². The quantitative estimate of drug-likeness (QED) is 0.818. The highest BCUT2D eigenvalue weighted by Crippen LogP contribution is 2.21. The maximum Gasteiger partial charge on any atom is 0.0798 e. The standard InChI is InChI=1S/C17H26N4S/c1-14-17(22-13-18-14)12-19(2)9-15-6-8-21(10-15)11-16-5-4-7-20(16)3/h4-5,7,13,15H,6,8-12H2,1-3H3/t15-/m0/s1. The molecule has 5 heteroatoms. The third-order valence-corrected chi connectivity index (χ3v) is 5.55. The minimum atomic E-state index is 0.790. The molecule has 1 aliphatic rings. The Morgan fingerprint density at radius 2 is 2.32 bits per heavy atom. The van der Waals surface area contributed by atoms with E-state index in [2.05, 4.69) is 58.7 Å². The Balaban J connectivity index is 1.46. The molecule has 0 unspecified atom stereocenters. The molecule has 0 bridgehead atoms. The molecule has 0 spiro atoms. The highest BCUT2D eigenvalue weighted by molar-refractivity contribution is 7.09. The van der Waals surface area contributed by atoms with Gasteiger partial charge in [0.2, 0.25) is 0 Å². The van der Waals surface area contributed by atoms with Crippen LogP contribution in [-0.2, 0) is 20.1 Å². The maximum absolute atomic E-state index is 4.34. The van der Waals surface area contributed by atoms with Gasteiger partial charge in [-0.2, -0.15) is 0 Å². The Morgan fingerprint density at radius 3 is 3.00 bits per heavy atom. The fourth-order valence-electron chi connectivity index (χ4n) is 3.32. The molecule has 0 amide bonds. The lowest BCUT2D eigenvalue weighted by atomic mass is 10.1. The van der Waals surface area contributed by atoms with Crippen molar-refractivity contribution >= 4 is 11.3 Å². The molecule has 1 fully saturated rings. The van der Waals surface area contributed by atoms with Gasteiger partial charge in [-0.1, -0.05) is 0 Å². The maximum atomic E-state index is 4.34. The summed E-state index contributed by atoms with van der Waals surface area (Å²) in [5, 5.41) is 0. The highest BCUT2D eigenvalue weighted by Gasteiger charge is 2.24. The molecule has 0 aliphatic carbocycles. The first kappa shape index (κ1) is 15.7. The van der Waals surface area contributed by atoms with Crippen molar-refractivity contribution in [1.82, 2.24) is 19.4 Å². The number of nitrogens with zero attached hydrogens (tertiary/aromatic N) is 4. The van der Waals surface area contributed by atoms with Crippen LogP contribution in [-0.4, -0.2) is 46.0 Å². The van der Waals surface area contributed by atoms with Crippen LogP contribution in [0.15, 0.2) is 23.8 Å². The lowest BCUT2D eigenvalue weighted by molar-refractivity contribution is 0.254. The zero-order valence-electron chi connectivity index (χ0n) is 13.8. The van der Waals surface area contributed by atoms with Crippen LogP contribution in [0, 0.1) is 12.8 Å². The second-order valence-corrected chi connectivity index (χ2v) is 7.50. The van der Waals surface area contributed by atoms with Gasteiger partial charge in [-0.25, -0.2) is 4.98 Å². The predicted molar refractivity (Wildman–Crippen MR) is 92.0 cm³/mol. The Hall–Kier alpha value is -1.17. The van der Waals surface area contributed by atoms with Crippen LogP contribution >= 0.6 is 11.3 Å². The van der Waals surface area contributed by atoms with E-state index < -0.39 is 0 Å². The summed E-state index contributed by atoms with van der Waals surface area (Å²) < 4.78 is 2.23. The van der Waals surface area contributed by atoms with Gasteiger partial charge in [0.05, 0.1) is 11.2 Å². The van der Waals surface area contributed by atoms with Crippen molar-refractivity contribution in [3.8, 4) is 0 Å². The molecule has 3 rings (SSSR count). The molecule has 0 N–H and O–H groups in total. The average Bonchev–Trinajstić information content (AvgIpc) is 3.17. The molecule has 0 saturated carbocycles. The van der Waals surface area contributed by atoms with E-state index in [4.69, 9.17) is 0 Å². The number of likely N-dealkylation sites (tertiary alicyclic amines) is 1. The lowest BCUT2D eigenvalue weighted by Gasteiger charge is -2.21. The van der Waals surface area contributed by atoms with Gasteiger partial charge in [0.15, 0.2) is 0 Å². The first-order valence-corrected chi connectivity index (χ1v) is 8.90. The molecule has 4 nitrogen and oxygen atoms in total. The summed E-state index contributed by atoms with van der Waals surface area (Å²) in [6, 6.07) is 4.36. The van der Waals surface area contributed by atoms with Gasteiger partial charge in [0.25, 0.3) is 0 Å². The molecule has 1 atom stereocenters. The highest BCUT2D eigenvalue weighted by atomic mass is 32.1. The van der Waals surface area contributed by atoms with Crippen molar-refractivity contribution in [1.29, 1.82) is 0 Å². The second-order valence-electron chi connectivity index (χ2n) is 6.56. The van der Waals surface area contributed by atoms with Gasteiger partial charge in [-0.3, -0.25) is 4.90 Å². The van der Waals surface area contributed by atoms with Crippen LogP contribution in [0.5, 0.6) is 0 Å². The molecular formula is C17H26N4S. The number of rotatable bonds is 6. The van der Waals surface area contributed by atoms with Crippen molar-refractivity contribution in [3.05, 3.63) is 40.1 Å². The Bertz CT molecular complexity index is 603. The molecule has 1 saturated heterocycles. The number of hydrogen-bond acceptors (Lipinski definition) is 4. The van der Waals surface area contributed by atoms with Gasteiger partial charge in [-0.05, 0) is 45.0 Å². The van der Waals surface area contributed by atoms with E-state index in [0.717, 1.165) is 19.0 Å². The molecule has 120 valence electrons. The Labute approximate surface area is 137 Å². The average molecular weight is 318 g/mol. The van der Waals surface area contributed by atoms with Crippen LogP contribution in [0.4, 0.5) is 0 Å². The minimum absolute atomic E-state index is 0.790. The monoisotopic (exact) mass is 318 g/mol.